The Morgan fingerprint density at radius 2 is 1.86 bits per heavy atom. The molecule has 7 nitrogen and oxygen atoms in total. The van der Waals surface area contributed by atoms with E-state index in [1.807, 2.05) is 37.3 Å². The van der Waals surface area contributed by atoms with Gasteiger partial charge in [0.1, 0.15) is 26.0 Å². The summed E-state index contributed by atoms with van der Waals surface area (Å²) in [6.45, 7) is 1.18. The standard InChI is InChI=1S/C26H30F2N4O3/c1-19(22-12-20(14-27)11-21(13-22)15-28)35-17-26(23-5-3-2-4-6-23)8-7-25(9-10-33,16-29-26)32-18-30-31-24(32)34/h2-6,10-13,18-19,29H,7-9,14-17H2,1H3,(H,31,34)/t19-,25+,26-/m1/s1. The van der Waals surface area contributed by atoms with Gasteiger partial charge in [0.05, 0.1) is 23.8 Å². The topological polar surface area (TPSA) is 89.0 Å². The largest absolute Gasteiger partial charge is 0.372 e. The average Bonchev–Trinajstić information content (AvgIpc) is 3.35. The van der Waals surface area contributed by atoms with Crippen molar-refractivity contribution in [2.24, 2.45) is 0 Å². The Bertz CT molecular complexity index is 1160. The number of carbonyl (C=O) groups is 1. The summed E-state index contributed by atoms with van der Waals surface area (Å²) in [5, 5.41) is 9.84. The molecule has 2 N–H and O–H groups in total. The molecule has 1 saturated heterocycles. The van der Waals surface area contributed by atoms with Crippen molar-refractivity contribution in [1.82, 2.24) is 20.1 Å². The highest BCUT2D eigenvalue weighted by molar-refractivity contribution is 5.51. The summed E-state index contributed by atoms with van der Waals surface area (Å²) in [6, 6.07) is 14.8. The number of hydrogen-bond acceptors (Lipinski definition) is 5. The van der Waals surface area contributed by atoms with E-state index in [-0.39, 0.29) is 12.1 Å². The third kappa shape index (κ3) is 5.11. The summed E-state index contributed by atoms with van der Waals surface area (Å²) in [6.07, 6.45) is 3.18. The number of piperidine rings is 1. The summed E-state index contributed by atoms with van der Waals surface area (Å²) in [7, 11) is 0. The summed E-state index contributed by atoms with van der Waals surface area (Å²) in [4.78, 5) is 23.9. The lowest BCUT2D eigenvalue weighted by Crippen LogP contribution is -2.60. The van der Waals surface area contributed by atoms with E-state index in [1.165, 1.54) is 17.0 Å². The summed E-state index contributed by atoms with van der Waals surface area (Å²) >= 11 is 0. The molecule has 9 heteroatoms. The fourth-order valence-corrected chi connectivity index (χ4v) is 4.93. The molecule has 35 heavy (non-hydrogen) atoms. The third-order valence-corrected chi connectivity index (χ3v) is 7.06. The molecule has 0 spiro atoms. The van der Waals surface area contributed by atoms with Crippen molar-refractivity contribution in [3.8, 4) is 0 Å². The van der Waals surface area contributed by atoms with Crippen molar-refractivity contribution in [2.45, 2.75) is 56.7 Å². The minimum atomic E-state index is -0.735. The Balaban J connectivity index is 1.59. The van der Waals surface area contributed by atoms with Gasteiger partial charge < -0.3 is 14.8 Å². The number of rotatable bonds is 10. The van der Waals surface area contributed by atoms with Gasteiger partial charge in [-0.2, -0.15) is 5.10 Å². The fourth-order valence-electron chi connectivity index (χ4n) is 4.93. The van der Waals surface area contributed by atoms with Crippen LogP contribution < -0.4 is 11.0 Å². The zero-order valence-electron chi connectivity index (χ0n) is 19.7. The molecule has 3 atom stereocenters. The molecule has 0 bridgehead atoms. The van der Waals surface area contributed by atoms with Crippen LogP contribution in [0.25, 0.3) is 0 Å². The molecule has 2 aromatic carbocycles. The minimum Gasteiger partial charge on any atom is -0.372 e. The fraction of sp³-hybridized carbons (Fsp3) is 0.423. The quantitative estimate of drug-likeness (QED) is 0.427. The van der Waals surface area contributed by atoms with Gasteiger partial charge in [0.15, 0.2) is 0 Å². The smallest absolute Gasteiger partial charge is 0.343 e. The highest BCUT2D eigenvalue weighted by Gasteiger charge is 2.45. The lowest BCUT2D eigenvalue weighted by Gasteiger charge is -2.47. The first kappa shape index (κ1) is 24.9. The van der Waals surface area contributed by atoms with Crippen molar-refractivity contribution in [2.75, 3.05) is 13.2 Å². The summed E-state index contributed by atoms with van der Waals surface area (Å²) in [5.74, 6) is 0. The highest BCUT2D eigenvalue weighted by Crippen LogP contribution is 2.39. The first-order valence-corrected chi connectivity index (χ1v) is 11.7. The number of hydrogen-bond donors (Lipinski definition) is 2. The molecule has 1 aliphatic heterocycles. The lowest BCUT2D eigenvalue weighted by atomic mass is 9.75. The van der Waals surface area contributed by atoms with E-state index < -0.39 is 30.5 Å². The van der Waals surface area contributed by atoms with Gasteiger partial charge in [0.25, 0.3) is 0 Å². The molecule has 0 amide bonds. The van der Waals surface area contributed by atoms with Gasteiger partial charge in [0, 0.05) is 13.0 Å². The van der Waals surface area contributed by atoms with Gasteiger partial charge in [-0.3, -0.25) is 4.57 Å². The second-order valence-electron chi connectivity index (χ2n) is 9.23. The van der Waals surface area contributed by atoms with E-state index in [2.05, 4.69) is 15.5 Å². The number of benzene rings is 2. The first-order valence-electron chi connectivity index (χ1n) is 11.7. The second-order valence-corrected chi connectivity index (χ2v) is 9.23. The minimum absolute atomic E-state index is 0.170. The number of nitrogens with one attached hydrogen (secondary N) is 2. The van der Waals surface area contributed by atoms with Crippen LogP contribution in [-0.2, 0) is 34.0 Å². The number of carbonyl (C=O) groups excluding carboxylic acids is 1. The molecule has 186 valence electrons. The number of aromatic nitrogens is 3. The first-order chi connectivity index (χ1) is 16.9. The second kappa shape index (κ2) is 10.6. The van der Waals surface area contributed by atoms with Crippen LogP contribution in [0.2, 0.25) is 0 Å². The molecule has 0 aliphatic carbocycles. The predicted octanol–water partition coefficient (Wildman–Crippen LogP) is 3.85. The molecule has 2 heterocycles. The van der Waals surface area contributed by atoms with Crippen molar-refractivity contribution in [3.05, 3.63) is 87.6 Å². The van der Waals surface area contributed by atoms with E-state index in [9.17, 15) is 18.4 Å². The maximum Gasteiger partial charge on any atom is 0.343 e. The van der Waals surface area contributed by atoms with E-state index in [4.69, 9.17) is 4.74 Å². The number of ether oxygens (including phenoxy) is 1. The number of alkyl halides is 2. The molecular formula is C26H30F2N4O3. The molecule has 1 aromatic heterocycles. The van der Waals surface area contributed by atoms with Crippen LogP contribution in [0.5, 0.6) is 0 Å². The average molecular weight is 485 g/mol. The molecule has 1 aliphatic rings. The summed E-state index contributed by atoms with van der Waals surface area (Å²) in [5.41, 5.74) is 0.909. The SMILES string of the molecule is C[C@@H](OC[C@@]1(c2ccccc2)CC[C@@](CC=O)(n2cn[nH]c2=O)CN1)c1cc(CF)cc(CF)c1. The Labute approximate surface area is 202 Å². The zero-order valence-corrected chi connectivity index (χ0v) is 19.7. The molecule has 3 aromatic rings. The zero-order chi connectivity index (χ0) is 24.9. The van der Waals surface area contributed by atoms with E-state index in [1.54, 1.807) is 12.1 Å². The Kier molecular flexibility index (Phi) is 7.57. The predicted molar refractivity (Wildman–Crippen MR) is 127 cm³/mol. The molecule has 1 fully saturated rings. The van der Waals surface area contributed by atoms with Crippen LogP contribution in [0.1, 0.15) is 54.5 Å². The highest BCUT2D eigenvalue weighted by atomic mass is 19.1. The normalized spacial score (nSPS) is 23.2. The Hall–Kier alpha value is -3.17. The van der Waals surface area contributed by atoms with Crippen LogP contribution in [0.15, 0.2) is 59.7 Å². The molecule has 0 unspecified atom stereocenters. The molecular weight excluding hydrogens is 454 g/mol. The Morgan fingerprint density at radius 1 is 1.14 bits per heavy atom. The number of halogens is 2. The van der Waals surface area contributed by atoms with E-state index >= 15 is 0 Å². The van der Waals surface area contributed by atoms with Crippen LogP contribution in [-0.4, -0.2) is 34.2 Å². The number of H-pyrrole nitrogens is 1. The summed E-state index contributed by atoms with van der Waals surface area (Å²) < 4.78 is 34.4. The van der Waals surface area contributed by atoms with Crippen LogP contribution in [0.3, 0.4) is 0 Å². The van der Waals surface area contributed by atoms with Crippen molar-refractivity contribution in [1.29, 1.82) is 0 Å². The maximum atomic E-state index is 13.3. The van der Waals surface area contributed by atoms with Crippen LogP contribution in [0.4, 0.5) is 8.78 Å². The molecule has 4 rings (SSSR count). The van der Waals surface area contributed by atoms with E-state index in [0.717, 1.165) is 11.8 Å². The van der Waals surface area contributed by atoms with Gasteiger partial charge in [-0.15, -0.1) is 0 Å². The van der Waals surface area contributed by atoms with E-state index in [0.29, 0.717) is 42.7 Å². The van der Waals surface area contributed by atoms with Crippen molar-refractivity contribution < 1.29 is 18.3 Å². The maximum absolute atomic E-state index is 13.3. The number of aromatic amines is 1. The molecule has 0 radical (unpaired) electrons. The monoisotopic (exact) mass is 484 g/mol. The van der Waals surface area contributed by atoms with Gasteiger partial charge in [-0.25, -0.2) is 18.7 Å². The van der Waals surface area contributed by atoms with Crippen LogP contribution in [0, 0.1) is 0 Å². The van der Waals surface area contributed by atoms with Crippen molar-refractivity contribution >= 4 is 6.29 Å². The van der Waals surface area contributed by atoms with Crippen LogP contribution >= 0.6 is 0 Å². The number of nitrogens with zero attached hydrogens (tertiary/aromatic N) is 2. The third-order valence-electron chi connectivity index (χ3n) is 7.06. The number of aldehydes is 1. The van der Waals surface area contributed by atoms with Gasteiger partial charge in [-0.05, 0) is 42.0 Å². The van der Waals surface area contributed by atoms with Gasteiger partial charge in [0.2, 0.25) is 0 Å². The van der Waals surface area contributed by atoms with Crippen molar-refractivity contribution in [3.63, 3.8) is 0 Å². The van der Waals surface area contributed by atoms with Gasteiger partial charge >= 0.3 is 5.69 Å². The van der Waals surface area contributed by atoms with Gasteiger partial charge in [-0.1, -0.05) is 48.5 Å². The Morgan fingerprint density at radius 3 is 2.40 bits per heavy atom. The lowest BCUT2D eigenvalue weighted by molar-refractivity contribution is -0.110. The molecule has 0 saturated carbocycles.